The van der Waals surface area contributed by atoms with Crippen LogP contribution in [-0.4, -0.2) is 22.6 Å². The summed E-state index contributed by atoms with van der Waals surface area (Å²) in [6.45, 7) is 5.63. The Kier molecular flexibility index (Phi) is 5.67. The minimum Gasteiger partial charge on any atom is -0.493 e. The van der Waals surface area contributed by atoms with Gasteiger partial charge in [0.25, 0.3) is 0 Å². The summed E-state index contributed by atoms with van der Waals surface area (Å²) in [5.41, 5.74) is 3.89. The van der Waals surface area contributed by atoms with Crippen LogP contribution < -0.4 is 4.74 Å². The highest BCUT2D eigenvalue weighted by molar-refractivity contribution is 9.11. The Morgan fingerprint density at radius 1 is 1.19 bits per heavy atom. The number of hydrogen-bond donors (Lipinski definition) is 2. The van der Waals surface area contributed by atoms with Crippen LogP contribution in [0.2, 0.25) is 0 Å². The molecule has 2 aromatic carbocycles. The van der Waals surface area contributed by atoms with Crippen LogP contribution in [0.25, 0.3) is 10.9 Å². The van der Waals surface area contributed by atoms with E-state index in [1.807, 2.05) is 39.0 Å². The fraction of sp³-hybridized carbons (Fsp3) is 0.211. The van der Waals surface area contributed by atoms with E-state index in [4.69, 9.17) is 4.74 Å². The lowest BCUT2D eigenvalue weighted by Crippen LogP contribution is -2.10. The van der Waals surface area contributed by atoms with Gasteiger partial charge in [-0.25, -0.2) is 0 Å². The highest BCUT2D eigenvalue weighted by Gasteiger charge is 2.15. The van der Waals surface area contributed by atoms with E-state index in [2.05, 4.69) is 47.1 Å². The second-order valence-electron chi connectivity index (χ2n) is 6.17. The summed E-state index contributed by atoms with van der Waals surface area (Å²) in [7, 11) is 0. The van der Waals surface area contributed by atoms with Gasteiger partial charge in [0, 0.05) is 14.3 Å². The molecule has 3 rings (SSSR count). The zero-order valence-electron chi connectivity index (χ0n) is 14.9. The number of nitrogens with one attached hydrogen (secondary N) is 1. The molecule has 0 aliphatic rings. The summed E-state index contributed by atoms with van der Waals surface area (Å²) in [4.78, 5) is 14.9. The first-order valence-corrected chi connectivity index (χ1v) is 9.70. The maximum atomic E-state index is 12.1. The fourth-order valence-corrected chi connectivity index (χ4v) is 4.03. The molecule has 0 spiro atoms. The van der Waals surface area contributed by atoms with Crippen LogP contribution in [0.15, 0.2) is 43.4 Å². The highest BCUT2D eigenvalue weighted by atomic mass is 79.9. The Morgan fingerprint density at radius 3 is 2.63 bits per heavy atom. The number of nitrogens with zero attached hydrogens (tertiary/aromatic N) is 2. The third-order valence-electron chi connectivity index (χ3n) is 4.25. The van der Waals surface area contributed by atoms with Crippen molar-refractivity contribution in [2.45, 2.75) is 20.8 Å². The molecule has 0 saturated heterocycles. The van der Waals surface area contributed by atoms with Crippen molar-refractivity contribution in [2.75, 3.05) is 6.61 Å². The summed E-state index contributed by atoms with van der Waals surface area (Å²) < 4.78 is 7.20. The number of carbonyl (C=O) groups is 1. The summed E-state index contributed by atoms with van der Waals surface area (Å²) in [6.07, 6.45) is 0. The van der Waals surface area contributed by atoms with Gasteiger partial charge in [-0.3, -0.25) is 4.79 Å². The van der Waals surface area contributed by atoms with Crippen molar-refractivity contribution in [3.63, 3.8) is 0 Å². The molecule has 1 amide bonds. The lowest BCUT2D eigenvalue weighted by atomic mass is 10.1. The van der Waals surface area contributed by atoms with Crippen LogP contribution in [0, 0.1) is 20.8 Å². The zero-order valence-corrected chi connectivity index (χ0v) is 18.1. The second kappa shape index (κ2) is 7.82. The molecule has 3 aromatic rings. The highest BCUT2D eigenvalue weighted by Crippen LogP contribution is 2.40. The van der Waals surface area contributed by atoms with Gasteiger partial charge in [0.05, 0.1) is 5.52 Å². The molecule has 0 bridgehead atoms. The van der Waals surface area contributed by atoms with E-state index in [1.54, 1.807) is 6.07 Å². The van der Waals surface area contributed by atoms with Crippen molar-refractivity contribution >= 4 is 54.4 Å². The maximum absolute atomic E-state index is 12.1. The van der Waals surface area contributed by atoms with Gasteiger partial charge in [0.1, 0.15) is 5.75 Å². The first kappa shape index (κ1) is 19.6. The van der Waals surface area contributed by atoms with E-state index < -0.39 is 5.91 Å². The van der Waals surface area contributed by atoms with E-state index in [0.29, 0.717) is 16.7 Å². The number of benzene rings is 2. The number of aromatic hydroxyl groups is 1. The summed E-state index contributed by atoms with van der Waals surface area (Å²) >= 11 is 6.81. The van der Waals surface area contributed by atoms with Crippen LogP contribution >= 0.6 is 31.9 Å². The van der Waals surface area contributed by atoms with Gasteiger partial charge in [0.2, 0.25) is 5.88 Å². The molecule has 0 unspecified atom stereocenters. The number of halogens is 2. The van der Waals surface area contributed by atoms with Gasteiger partial charge in [-0.2, -0.15) is 0 Å². The number of rotatable bonds is 4. The minimum atomic E-state index is -0.543. The monoisotopic (exact) mass is 493 g/mol. The molecule has 0 aliphatic heterocycles. The van der Waals surface area contributed by atoms with Gasteiger partial charge in [-0.1, -0.05) is 28.1 Å². The summed E-state index contributed by atoms with van der Waals surface area (Å²) in [5, 5.41) is 18.3. The maximum Gasteiger partial charge on any atom is 0.302 e. The molecule has 1 aromatic heterocycles. The van der Waals surface area contributed by atoms with Crippen molar-refractivity contribution in [1.82, 2.24) is 4.98 Å². The number of azo groups is 1. The first-order chi connectivity index (χ1) is 12.8. The molecule has 6 nitrogen and oxygen atoms in total. The number of amides is 1. The molecule has 0 fully saturated rings. The van der Waals surface area contributed by atoms with Crippen LogP contribution in [0.4, 0.5) is 5.69 Å². The first-order valence-electron chi connectivity index (χ1n) is 8.11. The Bertz CT molecular complexity index is 1070. The van der Waals surface area contributed by atoms with Crippen molar-refractivity contribution in [1.29, 1.82) is 0 Å². The van der Waals surface area contributed by atoms with E-state index in [0.717, 1.165) is 25.6 Å². The number of ether oxygens (including phenoxy) is 1. The molecule has 0 saturated carbocycles. The van der Waals surface area contributed by atoms with E-state index >= 15 is 0 Å². The third-order valence-corrected chi connectivity index (χ3v) is 5.34. The molecule has 0 aliphatic carbocycles. The van der Waals surface area contributed by atoms with Gasteiger partial charge in [-0.05, 0) is 65.5 Å². The molecule has 0 radical (unpaired) electrons. The molecule has 0 atom stereocenters. The van der Waals surface area contributed by atoms with E-state index in [9.17, 15) is 9.90 Å². The number of carbonyl (C=O) groups excluding carboxylic acids is 1. The van der Waals surface area contributed by atoms with Crippen LogP contribution in [-0.2, 0) is 4.79 Å². The third kappa shape index (κ3) is 4.06. The molecule has 8 heteroatoms. The number of aryl methyl sites for hydroxylation is 2. The number of fused-ring (bicyclic) bond motifs is 1. The Hall–Kier alpha value is -2.19. The second-order valence-corrected chi connectivity index (χ2v) is 7.94. The fourth-order valence-electron chi connectivity index (χ4n) is 2.71. The smallest absolute Gasteiger partial charge is 0.302 e. The molecule has 140 valence electrons. The number of H-pyrrole nitrogens is 1. The summed E-state index contributed by atoms with van der Waals surface area (Å²) in [6, 6.07) is 7.58. The summed E-state index contributed by atoms with van der Waals surface area (Å²) in [5.74, 6) is -0.0221. The van der Waals surface area contributed by atoms with Crippen molar-refractivity contribution < 1.29 is 14.6 Å². The Balaban J connectivity index is 1.79. The molecule has 1 heterocycles. The Morgan fingerprint density at radius 2 is 1.89 bits per heavy atom. The lowest BCUT2D eigenvalue weighted by Gasteiger charge is -2.12. The minimum absolute atomic E-state index is 0.161. The molecular weight excluding hydrogens is 478 g/mol. The predicted octanol–water partition coefficient (Wildman–Crippen LogP) is 6.01. The topological polar surface area (TPSA) is 87.0 Å². The van der Waals surface area contributed by atoms with Gasteiger partial charge in [-0.15, -0.1) is 10.2 Å². The van der Waals surface area contributed by atoms with Crippen LogP contribution in [0.1, 0.15) is 16.7 Å². The molecule has 27 heavy (non-hydrogen) atoms. The average Bonchev–Trinajstić information content (AvgIpc) is 2.92. The Labute approximate surface area is 172 Å². The lowest BCUT2D eigenvalue weighted by molar-refractivity contribution is -0.120. The average molecular weight is 495 g/mol. The quantitative estimate of drug-likeness (QED) is 0.435. The standard InChI is InChI=1S/C19H17Br2N3O3/c1-9-4-5-10(2)18(11(9)3)27-8-15(25)23-24-17-13-6-12(20)7-14(21)16(13)22-19(17)26/h4-7,22,26H,8H2,1-3H3. The van der Waals surface area contributed by atoms with Crippen molar-refractivity contribution in [3.05, 3.63) is 49.9 Å². The van der Waals surface area contributed by atoms with E-state index in [1.165, 1.54) is 0 Å². The molecular formula is C19H17Br2N3O3. The SMILES string of the molecule is Cc1ccc(C)c(OCC(=O)N=Nc2c(O)[nH]c3c(Br)cc(Br)cc23)c1C. The van der Waals surface area contributed by atoms with Crippen molar-refractivity contribution in [3.8, 4) is 11.6 Å². The van der Waals surface area contributed by atoms with Gasteiger partial charge in [0.15, 0.2) is 12.3 Å². The van der Waals surface area contributed by atoms with Crippen LogP contribution in [0.5, 0.6) is 11.6 Å². The zero-order chi connectivity index (χ0) is 19.7. The van der Waals surface area contributed by atoms with E-state index in [-0.39, 0.29) is 18.2 Å². The predicted molar refractivity (Wildman–Crippen MR) is 111 cm³/mol. The van der Waals surface area contributed by atoms with Gasteiger partial charge >= 0.3 is 5.91 Å². The number of aromatic nitrogens is 1. The van der Waals surface area contributed by atoms with Gasteiger partial charge < -0.3 is 14.8 Å². The normalized spacial score (nSPS) is 11.4. The number of aromatic amines is 1. The van der Waals surface area contributed by atoms with Crippen LogP contribution in [0.3, 0.4) is 0 Å². The number of hydrogen-bond acceptors (Lipinski definition) is 4. The van der Waals surface area contributed by atoms with Crippen molar-refractivity contribution in [2.24, 2.45) is 10.2 Å². The largest absolute Gasteiger partial charge is 0.493 e. The molecule has 2 N–H and O–H groups in total.